The van der Waals surface area contributed by atoms with E-state index in [1.807, 2.05) is 13.8 Å². The third-order valence-electron chi connectivity index (χ3n) is 3.25. The molecule has 0 aliphatic rings. The van der Waals surface area contributed by atoms with Crippen LogP contribution in [0.5, 0.6) is 0 Å². The van der Waals surface area contributed by atoms with Crippen molar-refractivity contribution in [2.24, 2.45) is 5.73 Å². The molecule has 3 N–H and O–H groups in total. The van der Waals surface area contributed by atoms with Crippen LogP contribution in [0, 0.1) is 0 Å². The van der Waals surface area contributed by atoms with Gasteiger partial charge in [0.05, 0.1) is 0 Å². The maximum Gasteiger partial charge on any atom is 0.220 e. The fourth-order valence-electron chi connectivity index (χ4n) is 2.01. The fraction of sp³-hybridized carbons (Fsp3) is 0.938. The van der Waals surface area contributed by atoms with E-state index in [-0.39, 0.29) is 11.4 Å². The maximum atomic E-state index is 11.5. The predicted octanol–water partition coefficient (Wildman–Crippen LogP) is 3.76. The van der Waals surface area contributed by atoms with Crippen LogP contribution in [-0.2, 0) is 4.79 Å². The number of nitrogens with two attached hydrogens (primary N) is 1. The molecule has 0 radical (unpaired) electrons. The highest BCUT2D eigenvalue weighted by Gasteiger charge is 2.11. The molecule has 0 aromatic carbocycles. The van der Waals surface area contributed by atoms with Crippen molar-refractivity contribution in [1.29, 1.82) is 0 Å². The van der Waals surface area contributed by atoms with E-state index >= 15 is 0 Å². The normalized spacial score (nSPS) is 11.6. The third-order valence-corrected chi connectivity index (χ3v) is 3.25. The molecule has 3 heteroatoms. The lowest BCUT2D eigenvalue weighted by atomic mass is 10.1. The van der Waals surface area contributed by atoms with Gasteiger partial charge in [-0.1, -0.05) is 58.3 Å². The highest BCUT2D eigenvalue weighted by atomic mass is 16.1. The minimum atomic E-state index is -0.311. The number of hydrogen-bond acceptors (Lipinski definition) is 2. The summed E-state index contributed by atoms with van der Waals surface area (Å²) >= 11 is 0. The number of carbonyl (C=O) groups excluding carboxylic acids is 1. The fourth-order valence-corrected chi connectivity index (χ4v) is 2.01. The lowest BCUT2D eigenvalue weighted by molar-refractivity contribution is -0.121. The smallest absolute Gasteiger partial charge is 0.220 e. The van der Waals surface area contributed by atoms with E-state index in [1.165, 1.54) is 51.4 Å². The van der Waals surface area contributed by atoms with Crippen molar-refractivity contribution >= 4 is 5.91 Å². The molecule has 19 heavy (non-hydrogen) atoms. The molecule has 0 heterocycles. The topological polar surface area (TPSA) is 55.1 Å². The summed E-state index contributed by atoms with van der Waals surface area (Å²) < 4.78 is 0. The van der Waals surface area contributed by atoms with E-state index in [0.717, 1.165) is 6.42 Å². The van der Waals surface area contributed by atoms with E-state index < -0.39 is 0 Å². The van der Waals surface area contributed by atoms with Crippen LogP contribution < -0.4 is 11.1 Å². The summed E-state index contributed by atoms with van der Waals surface area (Å²) in [5.41, 5.74) is 5.50. The first-order valence-electron chi connectivity index (χ1n) is 8.01. The number of unbranched alkanes of at least 4 members (excludes halogenated alkanes) is 8. The summed E-state index contributed by atoms with van der Waals surface area (Å²) in [5.74, 6) is 0.140. The minimum absolute atomic E-state index is 0.140. The van der Waals surface area contributed by atoms with Gasteiger partial charge in [-0.15, -0.1) is 0 Å². The molecule has 1 amide bonds. The van der Waals surface area contributed by atoms with Gasteiger partial charge >= 0.3 is 0 Å². The molecule has 0 aliphatic carbocycles. The Balaban J connectivity index is 3.23. The van der Waals surface area contributed by atoms with Gasteiger partial charge in [0, 0.05) is 18.5 Å². The second kappa shape index (κ2) is 11.3. The Bertz CT molecular complexity index is 221. The Morgan fingerprint density at radius 1 is 0.947 bits per heavy atom. The molecular formula is C16H34N2O. The molecule has 0 aromatic heterocycles. The Hall–Kier alpha value is -0.570. The van der Waals surface area contributed by atoms with Crippen molar-refractivity contribution in [3.63, 3.8) is 0 Å². The first-order valence-corrected chi connectivity index (χ1v) is 8.01. The van der Waals surface area contributed by atoms with Gasteiger partial charge in [-0.2, -0.15) is 0 Å². The van der Waals surface area contributed by atoms with Crippen molar-refractivity contribution in [1.82, 2.24) is 5.32 Å². The number of hydrogen-bond donors (Lipinski definition) is 2. The zero-order valence-electron chi connectivity index (χ0n) is 13.3. The predicted molar refractivity (Wildman–Crippen MR) is 83.1 cm³/mol. The Morgan fingerprint density at radius 3 is 1.89 bits per heavy atom. The van der Waals surface area contributed by atoms with Crippen LogP contribution in [0.25, 0.3) is 0 Å². The average molecular weight is 270 g/mol. The molecule has 0 saturated carbocycles. The van der Waals surface area contributed by atoms with Gasteiger partial charge in [-0.3, -0.25) is 4.79 Å². The average Bonchev–Trinajstić information content (AvgIpc) is 2.33. The summed E-state index contributed by atoms with van der Waals surface area (Å²) in [6.45, 7) is 6.65. The molecule has 114 valence electrons. The molecule has 0 unspecified atom stereocenters. The van der Waals surface area contributed by atoms with Crippen LogP contribution in [0.3, 0.4) is 0 Å². The molecule has 3 nitrogen and oxygen atoms in total. The number of nitrogens with one attached hydrogen (secondary N) is 1. The Kier molecular flexibility index (Phi) is 10.9. The number of amides is 1. The van der Waals surface area contributed by atoms with Crippen LogP contribution in [0.1, 0.15) is 85.0 Å². The quantitative estimate of drug-likeness (QED) is 0.530. The summed E-state index contributed by atoms with van der Waals surface area (Å²) in [4.78, 5) is 11.5. The highest BCUT2D eigenvalue weighted by Crippen LogP contribution is 2.10. The molecule has 0 fully saturated rings. The second-order valence-corrected chi connectivity index (χ2v) is 6.34. The van der Waals surface area contributed by atoms with Crippen molar-refractivity contribution < 1.29 is 4.79 Å². The molecule has 0 saturated heterocycles. The van der Waals surface area contributed by atoms with Crippen LogP contribution in [0.4, 0.5) is 0 Å². The van der Waals surface area contributed by atoms with E-state index in [4.69, 9.17) is 5.73 Å². The van der Waals surface area contributed by atoms with E-state index in [1.54, 1.807) is 0 Å². The largest absolute Gasteiger partial charge is 0.354 e. The van der Waals surface area contributed by atoms with Crippen LogP contribution in [0.15, 0.2) is 0 Å². The number of rotatable bonds is 12. The second-order valence-electron chi connectivity index (χ2n) is 6.34. The minimum Gasteiger partial charge on any atom is -0.354 e. The van der Waals surface area contributed by atoms with Gasteiger partial charge in [-0.25, -0.2) is 0 Å². The first kappa shape index (κ1) is 18.4. The molecule has 0 rings (SSSR count). The lowest BCUT2D eigenvalue weighted by Crippen LogP contribution is -2.45. The lowest BCUT2D eigenvalue weighted by Gasteiger charge is -2.18. The molecule has 0 aliphatic heterocycles. The summed E-state index contributed by atoms with van der Waals surface area (Å²) in [6.07, 6.45) is 12.2. The first-order chi connectivity index (χ1) is 8.95. The van der Waals surface area contributed by atoms with E-state index in [0.29, 0.717) is 13.0 Å². The van der Waals surface area contributed by atoms with Gasteiger partial charge in [-0.05, 0) is 20.3 Å². The molecule has 0 bridgehead atoms. The van der Waals surface area contributed by atoms with Gasteiger partial charge < -0.3 is 11.1 Å². The zero-order valence-corrected chi connectivity index (χ0v) is 13.3. The molecular weight excluding hydrogens is 236 g/mol. The monoisotopic (exact) mass is 270 g/mol. The SMILES string of the molecule is CCCCCCCCCCCC(=O)NCC(C)(C)N. The van der Waals surface area contributed by atoms with Gasteiger partial charge in [0.15, 0.2) is 0 Å². The molecule has 0 atom stereocenters. The Labute approximate surface area is 119 Å². The van der Waals surface area contributed by atoms with Crippen LogP contribution >= 0.6 is 0 Å². The van der Waals surface area contributed by atoms with E-state index in [2.05, 4.69) is 12.2 Å². The standard InChI is InChI=1S/C16H34N2O/c1-4-5-6-7-8-9-10-11-12-13-15(19)18-14-16(2,3)17/h4-14,17H2,1-3H3,(H,18,19). The van der Waals surface area contributed by atoms with Gasteiger partial charge in [0.1, 0.15) is 0 Å². The molecule has 0 spiro atoms. The summed E-state index contributed by atoms with van der Waals surface area (Å²) in [7, 11) is 0. The van der Waals surface area contributed by atoms with Crippen molar-refractivity contribution in [3.05, 3.63) is 0 Å². The van der Waals surface area contributed by atoms with Gasteiger partial charge in [0.25, 0.3) is 0 Å². The molecule has 0 aromatic rings. The number of carbonyl (C=O) groups is 1. The van der Waals surface area contributed by atoms with Crippen LogP contribution in [-0.4, -0.2) is 18.0 Å². The Morgan fingerprint density at radius 2 is 1.42 bits per heavy atom. The summed E-state index contributed by atoms with van der Waals surface area (Å²) in [5, 5.41) is 2.88. The van der Waals surface area contributed by atoms with Gasteiger partial charge in [0.2, 0.25) is 5.91 Å². The summed E-state index contributed by atoms with van der Waals surface area (Å²) in [6, 6.07) is 0. The van der Waals surface area contributed by atoms with Crippen molar-refractivity contribution in [2.45, 2.75) is 90.5 Å². The maximum absolute atomic E-state index is 11.5. The van der Waals surface area contributed by atoms with Crippen LogP contribution in [0.2, 0.25) is 0 Å². The zero-order chi connectivity index (χ0) is 14.6. The third kappa shape index (κ3) is 15.4. The van der Waals surface area contributed by atoms with Crippen molar-refractivity contribution in [2.75, 3.05) is 6.54 Å². The highest BCUT2D eigenvalue weighted by molar-refractivity contribution is 5.75. The van der Waals surface area contributed by atoms with Crippen molar-refractivity contribution in [3.8, 4) is 0 Å². The van der Waals surface area contributed by atoms with E-state index in [9.17, 15) is 4.79 Å².